The first-order chi connectivity index (χ1) is 22.1. The van der Waals surface area contributed by atoms with E-state index in [1.807, 2.05) is 0 Å². The number of rotatable bonds is 9. The van der Waals surface area contributed by atoms with Crippen molar-refractivity contribution >= 4 is 35.5 Å². The van der Waals surface area contributed by atoms with E-state index in [1.54, 1.807) is 0 Å². The maximum Gasteiger partial charge on any atom is 0.326 e. The summed E-state index contributed by atoms with van der Waals surface area (Å²) < 4.78 is 0. The summed E-state index contributed by atoms with van der Waals surface area (Å²) in [5, 5.41) is 63.2. The molecule has 17 nitrogen and oxygen atoms in total. The number of aliphatic hydroxyl groups excluding tert-OH is 1. The van der Waals surface area contributed by atoms with E-state index < -0.39 is 90.4 Å². The number of phenols is 3. The van der Waals surface area contributed by atoms with Gasteiger partial charge in [0.15, 0.2) is 11.5 Å². The fraction of sp³-hybridized carbons (Fsp3) is 0.400. The highest BCUT2D eigenvalue weighted by Gasteiger charge is 2.34. The van der Waals surface area contributed by atoms with E-state index in [0.717, 1.165) is 11.0 Å². The van der Waals surface area contributed by atoms with Gasteiger partial charge in [-0.05, 0) is 56.3 Å². The number of likely N-dealkylation sites (N-methyl/N-ethyl adjacent to an activating group) is 2. The van der Waals surface area contributed by atoms with Gasteiger partial charge in [-0.1, -0.05) is 6.07 Å². The summed E-state index contributed by atoms with van der Waals surface area (Å²) in [5.41, 5.74) is 0.0813. The average molecular weight is 659 g/mol. The Morgan fingerprint density at radius 3 is 2.28 bits per heavy atom. The number of aliphatic carboxylic acids is 1. The van der Waals surface area contributed by atoms with Crippen molar-refractivity contribution in [2.45, 2.75) is 50.5 Å². The Labute approximate surface area is 269 Å². The van der Waals surface area contributed by atoms with Gasteiger partial charge in [0.25, 0.3) is 0 Å². The van der Waals surface area contributed by atoms with E-state index >= 15 is 0 Å². The highest BCUT2D eigenvalue weighted by molar-refractivity contribution is 5.96. The largest absolute Gasteiger partial charge is 0.507 e. The predicted octanol–water partition coefficient (Wildman–Crippen LogP) is -2.20. The molecule has 0 spiro atoms. The summed E-state index contributed by atoms with van der Waals surface area (Å²) in [7, 11) is 2.65. The standard InChI is InChI=1S/C30H38N6O11/c1-13(33-28(44)20(12-37)31-3)26(42)32-11-23(40)36(4)24-16-9-18(25(41)22(39)10-16)17-7-15(5-6-21(17)38)8-19(30(46)47)35-27(43)14(2)34-29(24)45/h5-7,9-10,13-14,19-20,24,31,37-39,41H,8,11-12H2,1-4H3,(H,32,42)(H,33,44)(H,34,45)(H,35,43)(H,46,47)/t13-,14+,19+,20-,24+/m1/s1. The number of hydrogen-bond donors (Lipinski definition) is 10. The van der Waals surface area contributed by atoms with Crippen molar-refractivity contribution < 1.29 is 54.3 Å². The average Bonchev–Trinajstić information content (AvgIpc) is 3.01. The number of aromatic hydroxyl groups is 3. The lowest BCUT2D eigenvalue weighted by molar-refractivity contribution is -0.143. The Morgan fingerprint density at radius 1 is 0.979 bits per heavy atom. The van der Waals surface area contributed by atoms with Crippen LogP contribution < -0.4 is 26.6 Å². The molecule has 4 bridgehead atoms. The van der Waals surface area contributed by atoms with E-state index in [9.17, 15) is 54.3 Å². The van der Waals surface area contributed by atoms with Crippen LogP contribution in [0, 0.1) is 0 Å². The molecular weight excluding hydrogens is 620 g/mol. The number of amides is 5. The van der Waals surface area contributed by atoms with Gasteiger partial charge in [-0.15, -0.1) is 0 Å². The molecule has 1 aliphatic heterocycles. The van der Waals surface area contributed by atoms with Crippen LogP contribution >= 0.6 is 0 Å². The molecule has 254 valence electrons. The van der Waals surface area contributed by atoms with Crippen LogP contribution in [0.15, 0.2) is 30.3 Å². The summed E-state index contributed by atoms with van der Waals surface area (Å²) in [5.74, 6) is -7.20. The third kappa shape index (κ3) is 8.44. The summed E-state index contributed by atoms with van der Waals surface area (Å²) in [6, 6.07) is -0.176. The zero-order valence-corrected chi connectivity index (χ0v) is 26.0. The molecule has 1 heterocycles. The molecule has 1 aliphatic rings. The summed E-state index contributed by atoms with van der Waals surface area (Å²) in [6.07, 6.45) is -0.229. The van der Waals surface area contributed by atoms with Crippen LogP contribution in [0.25, 0.3) is 11.1 Å². The Bertz CT molecular complexity index is 1560. The van der Waals surface area contributed by atoms with Gasteiger partial charge in [0.1, 0.15) is 36.0 Å². The van der Waals surface area contributed by atoms with Gasteiger partial charge in [0.2, 0.25) is 29.5 Å². The van der Waals surface area contributed by atoms with Crippen LogP contribution in [-0.2, 0) is 35.2 Å². The molecule has 5 amide bonds. The van der Waals surface area contributed by atoms with Gasteiger partial charge < -0.3 is 57.0 Å². The van der Waals surface area contributed by atoms with Gasteiger partial charge in [-0.25, -0.2) is 4.79 Å². The molecule has 10 N–H and O–H groups in total. The monoisotopic (exact) mass is 658 g/mol. The Morgan fingerprint density at radius 2 is 1.66 bits per heavy atom. The number of fused-ring (bicyclic) bond motifs is 5. The molecule has 47 heavy (non-hydrogen) atoms. The third-order valence-electron chi connectivity index (χ3n) is 7.63. The Balaban J connectivity index is 2.01. The van der Waals surface area contributed by atoms with Crippen molar-refractivity contribution in [3.8, 4) is 28.4 Å². The summed E-state index contributed by atoms with van der Waals surface area (Å²) >= 11 is 0. The molecule has 17 heteroatoms. The minimum Gasteiger partial charge on any atom is -0.507 e. The first kappa shape index (κ1) is 36.1. The second kappa shape index (κ2) is 15.2. The number of carboxylic acids is 1. The number of carboxylic acid groups (broad SMARTS) is 1. The molecule has 0 aliphatic carbocycles. The van der Waals surface area contributed by atoms with E-state index in [1.165, 1.54) is 52.2 Å². The molecule has 0 unspecified atom stereocenters. The lowest BCUT2D eigenvalue weighted by atomic mass is 9.93. The smallest absolute Gasteiger partial charge is 0.326 e. The van der Waals surface area contributed by atoms with E-state index in [4.69, 9.17) is 0 Å². The SMILES string of the molecule is CN[C@H](CO)C(=O)N[C@H](C)C(=O)NCC(=O)N(C)[C@@H]1C(=O)N[C@@H](C)C(=O)N[C@H](C(=O)O)Cc2ccc(O)c(c2)-c2cc1cc(O)c2O. The molecule has 0 fully saturated rings. The molecule has 0 saturated heterocycles. The third-order valence-corrected chi connectivity index (χ3v) is 7.63. The normalized spacial score (nSPS) is 19.2. The van der Waals surface area contributed by atoms with Crippen molar-refractivity contribution in [1.82, 2.24) is 31.5 Å². The molecule has 0 aromatic heterocycles. The first-order valence-corrected chi connectivity index (χ1v) is 14.4. The second-order valence-electron chi connectivity index (χ2n) is 11.0. The van der Waals surface area contributed by atoms with Crippen LogP contribution in [0.5, 0.6) is 17.2 Å². The maximum absolute atomic E-state index is 13.7. The number of nitrogens with one attached hydrogen (secondary N) is 5. The summed E-state index contributed by atoms with van der Waals surface area (Å²) in [4.78, 5) is 77.6. The van der Waals surface area contributed by atoms with Crippen LogP contribution in [0.4, 0.5) is 0 Å². The van der Waals surface area contributed by atoms with Gasteiger partial charge in [-0.3, -0.25) is 24.0 Å². The molecule has 2 aromatic carbocycles. The lowest BCUT2D eigenvalue weighted by Crippen LogP contribution is -2.54. The lowest BCUT2D eigenvalue weighted by Gasteiger charge is -2.30. The zero-order chi connectivity index (χ0) is 35.2. The predicted molar refractivity (Wildman–Crippen MR) is 164 cm³/mol. The van der Waals surface area contributed by atoms with Crippen LogP contribution in [0.1, 0.15) is 31.0 Å². The quantitative estimate of drug-likeness (QED) is 0.129. The van der Waals surface area contributed by atoms with E-state index in [0.29, 0.717) is 5.56 Å². The van der Waals surface area contributed by atoms with Gasteiger partial charge in [0.05, 0.1) is 13.2 Å². The molecule has 0 radical (unpaired) electrons. The minimum atomic E-state index is -1.60. The fourth-order valence-corrected chi connectivity index (χ4v) is 4.84. The number of aliphatic hydroxyl groups is 1. The van der Waals surface area contributed by atoms with Crippen LogP contribution in [0.2, 0.25) is 0 Å². The van der Waals surface area contributed by atoms with Crippen molar-refractivity contribution in [1.29, 1.82) is 0 Å². The van der Waals surface area contributed by atoms with Gasteiger partial charge in [-0.2, -0.15) is 0 Å². The Kier molecular flexibility index (Phi) is 11.7. The van der Waals surface area contributed by atoms with Crippen molar-refractivity contribution in [3.63, 3.8) is 0 Å². The number of phenolic OH excluding ortho intramolecular Hbond substituents is 3. The number of hydrogen-bond acceptors (Lipinski definition) is 11. The van der Waals surface area contributed by atoms with Gasteiger partial charge in [0, 0.05) is 24.6 Å². The molecule has 5 atom stereocenters. The Hall–Kier alpha value is -5.42. The second-order valence-corrected chi connectivity index (χ2v) is 11.0. The van der Waals surface area contributed by atoms with Gasteiger partial charge >= 0.3 is 5.97 Å². The molecule has 0 saturated carbocycles. The zero-order valence-electron chi connectivity index (χ0n) is 26.0. The topological polar surface area (TPSA) is 267 Å². The maximum atomic E-state index is 13.7. The molecular formula is C30H38N6O11. The highest BCUT2D eigenvalue weighted by Crippen LogP contribution is 2.43. The first-order valence-electron chi connectivity index (χ1n) is 14.4. The molecule has 3 rings (SSSR count). The fourth-order valence-electron chi connectivity index (χ4n) is 4.84. The number of benzene rings is 2. The molecule has 2 aromatic rings. The van der Waals surface area contributed by atoms with Crippen LogP contribution in [-0.4, -0.2) is 117 Å². The van der Waals surface area contributed by atoms with Crippen molar-refractivity contribution in [2.24, 2.45) is 0 Å². The number of nitrogens with zero attached hydrogens (tertiary/aromatic N) is 1. The summed E-state index contributed by atoms with van der Waals surface area (Å²) in [6.45, 7) is 1.46. The number of carbonyl (C=O) groups excluding carboxylic acids is 5. The number of carbonyl (C=O) groups is 6. The van der Waals surface area contributed by atoms with Crippen molar-refractivity contribution in [2.75, 3.05) is 27.2 Å². The van der Waals surface area contributed by atoms with E-state index in [2.05, 4.69) is 26.6 Å². The van der Waals surface area contributed by atoms with E-state index in [-0.39, 0.29) is 28.9 Å². The highest BCUT2D eigenvalue weighted by atomic mass is 16.4. The minimum absolute atomic E-state index is 0.0452. The van der Waals surface area contributed by atoms with Crippen LogP contribution in [0.3, 0.4) is 0 Å². The van der Waals surface area contributed by atoms with Crippen molar-refractivity contribution in [3.05, 3.63) is 41.5 Å².